The van der Waals surface area contributed by atoms with Crippen LogP contribution in [0.4, 0.5) is 13.2 Å². The fourth-order valence-electron chi connectivity index (χ4n) is 2.64. The molecule has 30 heavy (non-hydrogen) atoms. The maximum absolute atomic E-state index is 10.6. The molecule has 0 radical (unpaired) electrons. The summed E-state index contributed by atoms with van der Waals surface area (Å²) in [6.45, 7) is 0. The molecule has 1 aromatic carbocycles. The molecule has 0 aliphatic carbocycles. The van der Waals surface area contributed by atoms with Crippen LogP contribution >= 0.6 is 11.6 Å². The minimum Gasteiger partial charge on any atom is -0.475 e. The first kappa shape index (κ1) is 20.9. The molecule has 0 aliphatic heterocycles. The topological polar surface area (TPSA) is 108 Å². The molecule has 0 aliphatic rings. The SMILES string of the molecule is N#Cc1cccc(Cl)c1-n1cc(-c2ccnc3[nH]ccc23)cn1.O=C(O)C(F)(F)F. The van der Waals surface area contributed by atoms with E-state index < -0.39 is 12.1 Å². The number of H-pyrrole nitrogens is 1. The lowest BCUT2D eigenvalue weighted by Gasteiger charge is -2.06. The van der Waals surface area contributed by atoms with Gasteiger partial charge in [0, 0.05) is 29.5 Å². The first-order valence-corrected chi connectivity index (χ1v) is 8.56. The quantitative estimate of drug-likeness (QED) is 0.481. The number of carboxylic acids is 1. The number of rotatable bonds is 2. The number of carbonyl (C=O) groups is 1. The average Bonchev–Trinajstić information content (AvgIpc) is 3.36. The highest BCUT2D eigenvalue weighted by molar-refractivity contribution is 6.32. The van der Waals surface area contributed by atoms with Gasteiger partial charge in [0.2, 0.25) is 0 Å². The Bertz CT molecular complexity index is 1260. The van der Waals surface area contributed by atoms with Gasteiger partial charge in [-0.05, 0) is 29.8 Å². The average molecular weight is 434 g/mol. The summed E-state index contributed by atoms with van der Waals surface area (Å²) in [5, 5.41) is 22.3. The van der Waals surface area contributed by atoms with E-state index in [-0.39, 0.29) is 0 Å². The number of aromatic nitrogens is 4. The van der Waals surface area contributed by atoms with Gasteiger partial charge in [-0.1, -0.05) is 17.7 Å². The molecular formula is C19H11ClF3N5O2. The molecule has 11 heteroatoms. The number of nitrogens with zero attached hydrogens (tertiary/aromatic N) is 4. The Morgan fingerprint density at radius 1 is 1.27 bits per heavy atom. The summed E-state index contributed by atoms with van der Waals surface area (Å²) in [4.78, 5) is 16.3. The van der Waals surface area contributed by atoms with E-state index in [9.17, 15) is 18.4 Å². The first-order valence-electron chi connectivity index (χ1n) is 8.18. The summed E-state index contributed by atoms with van der Waals surface area (Å²) >= 11 is 6.25. The highest BCUT2D eigenvalue weighted by Gasteiger charge is 2.38. The van der Waals surface area contributed by atoms with Gasteiger partial charge in [0.1, 0.15) is 17.4 Å². The molecule has 0 spiro atoms. The molecule has 3 heterocycles. The molecule has 0 saturated carbocycles. The number of benzene rings is 1. The number of aliphatic carboxylic acids is 1. The summed E-state index contributed by atoms with van der Waals surface area (Å²) in [5.41, 5.74) is 3.84. The minimum absolute atomic E-state index is 0.480. The maximum Gasteiger partial charge on any atom is 0.490 e. The van der Waals surface area contributed by atoms with E-state index in [1.54, 1.807) is 35.3 Å². The van der Waals surface area contributed by atoms with E-state index >= 15 is 0 Å². The van der Waals surface area contributed by atoms with Crippen LogP contribution in [0.5, 0.6) is 0 Å². The number of nitriles is 1. The van der Waals surface area contributed by atoms with E-state index in [0.717, 1.165) is 22.2 Å². The van der Waals surface area contributed by atoms with Gasteiger partial charge >= 0.3 is 12.1 Å². The molecule has 4 rings (SSSR count). The van der Waals surface area contributed by atoms with Crippen LogP contribution in [-0.2, 0) is 4.79 Å². The summed E-state index contributed by atoms with van der Waals surface area (Å²) in [5.74, 6) is -2.76. The van der Waals surface area contributed by atoms with Crippen molar-refractivity contribution in [2.24, 2.45) is 0 Å². The van der Waals surface area contributed by atoms with Gasteiger partial charge in [0.15, 0.2) is 0 Å². The molecule has 0 fully saturated rings. The van der Waals surface area contributed by atoms with Crippen LogP contribution < -0.4 is 0 Å². The number of pyridine rings is 1. The standard InChI is InChI=1S/C17H10ClN5.C2HF3O2/c18-15-3-1-2-11(8-19)16(15)23-10-12(9-22-23)13-4-6-20-17-14(13)5-7-21-17;3-2(4,5)1(6)7/h1-7,9-10H,(H,20,21);(H,6,7). The van der Waals surface area contributed by atoms with Crippen LogP contribution in [0.1, 0.15) is 5.56 Å². The lowest BCUT2D eigenvalue weighted by Crippen LogP contribution is -2.21. The van der Waals surface area contributed by atoms with Gasteiger partial charge in [0.25, 0.3) is 0 Å². The number of alkyl halides is 3. The number of aromatic amines is 1. The molecule has 152 valence electrons. The molecule has 4 aromatic rings. The molecule has 0 amide bonds. The summed E-state index contributed by atoms with van der Waals surface area (Å²) in [6, 6.07) is 11.3. The third-order valence-corrected chi connectivity index (χ3v) is 4.24. The smallest absolute Gasteiger partial charge is 0.475 e. The van der Waals surface area contributed by atoms with Crippen LogP contribution in [0.2, 0.25) is 5.02 Å². The fourth-order valence-corrected chi connectivity index (χ4v) is 2.90. The summed E-state index contributed by atoms with van der Waals surface area (Å²) < 4.78 is 33.4. The predicted molar refractivity (Wildman–Crippen MR) is 102 cm³/mol. The van der Waals surface area contributed by atoms with Crippen molar-refractivity contribution in [3.8, 4) is 22.9 Å². The predicted octanol–water partition coefficient (Wildman–Crippen LogP) is 4.57. The number of nitrogens with one attached hydrogen (secondary N) is 1. The van der Waals surface area contributed by atoms with Gasteiger partial charge in [-0.25, -0.2) is 14.5 Å². The molecule has 0 bridgehead atoms. The van der Waals surface area contributed by atoms with Crippen LogP contribution in [0.3, 0.4) is 0 Å². The minimum atomic E-state index is -5.08. The van der Waals surface area contributed by atoms with Crippen molar-refractivity contribution in [3.05, 3.63) is 65.7 Å². The van der Waals surface area contributed by atoms with Gasteiger partial charge in [-0.3, -0.25) is 0 Å². The van der Waals surface area contributed by atoms with Gasteiger partial charge in [0.05, 0.1) is 16.8 Å². The fraction of sp³-hybridized carbons (Fsp3) is 0.0526. The van der Waals surface area contributed by atoms with Crippen molar-refractivity contribution in [1.29, 1.82) is 5.26 Å². The van der Waals surface area contributed by atoms with Crippen molar-refractivity contribution in [1.82, 2.24) is 19.7 Å². The number of fused-ring (bicyclic) bond motifs is 1. The second-order valence-corrected chi connectivity index (χ2v) is 6.23. The zero-order valence-corrected chi connectivity index (χ0v) is 15.6. The van der Waals surface area contributed by atoms with Crippen molar-refractivity contribution in [2.45, 2.75) is 6.18 Å². The second-order valence-electron chi connectivity index (χ2n) is 5.82. The lowest BCUT2D eigenvalue weighted by atomic mass is 10.1. The van der Waals surface area contributed by atoms with Crippen molar-refractivity contribution < 1.29 is 23.1 Å². The van der Waals surface area contributed by atoms with E-state index in [0.29, 0.717) is 16.3 Å². The van der Waals surface area contributed by atoms with E-state index in [4.69, 9.17) is 21.5 Å². The van der Waals surface area contributed by atoms with Crippen LogP contribution in [-0.4, -0.2) is 37.0 Å². The Morgan fingerprint density at radius 3 is 2.67 bits per heavy atom. The molecule has 7 nitrogen and oxygen atoms in total. The summed E-state index contributed by atoms with van der Waals surface area (Å²) in [7, 11) is 0. The molecule has 2 N–H and O–H groups in total. The highest BCUT2D eigenvalue weighted by Crippen LogP contribution is 2.29. The van der Waals surface area contributed by atoms with Gasteiger partial charge in [-0.15, -0.1) is 0 Å². The molecular weight excluding hydrogens is 423 g/mol. The Hall–Kier alpha value is -3.84. The van der Waals surface area contributed by atoms with Crippen LogP contribution in [0.15, 0.2) is 55.1 Å². The number of hydrogen-bond acceptors (Lipinski definition) is 4. The number of carboxylic acid groups (broad SMARTS) is 1. The zero-order chi connectivity index (χ0) is 21.9. The van der Waals surface area contributed by atoms with E-state index in [1.165, 1.54) is 0 Å². The van der Waals surface area contributed by atoms with Gasteiger partial charge < -0.3 is 10.1 Å². The lowest BCUT2D eigenvalue weighted by molar-refractivity contribution is -0.192. The number of para-hydroxylation sites is 1. The Morgan fingerprint density at radius 2 is 2.00 bits per heavy atom. The Kier molecular flexibility index (Phi) is 5.75. The maximum atomic E-state index is 10.6. The largest absolute Gasteiger partial charge is 0.490 e. The molecule has 0 atom stereocenters. The summed E-state index contributed by atoms with van der Waals surface area (Å²) in [6.07, 6.45) is 2.14. The first-order chi connectivity index (χ1) is 14.2. The Labute approximate surface area is 172 Å². The number of hydrogen-bond donors (Lipinski definition) is 2. The van der Waals surface area contributed by atoms with Crippen LogP contribution in [0, 0.1) is 11.3 Å². The molecule has 3 aromatic heterocycles. The Balaban J connectivity index is 0.000000318. The van der Waals surface area contributed by atoms with Crippen LogP contribution in [0.25, 0.3) is 27.8 Å². The zero-order valence-electron chi connectivity index (χ0n) is 14.9. The van der Waals surface area contributed by atoms with E-state index in [2.05, 4.69) is 21.1 Å². The molecule has 0 unspecified atom stereocenters. The third-order valence-electron chi connectivity index (χ3n) is 3.93. The van der Waals surface area contributed by atoms with E-state index in [1.807, 2.05) is 24.5 Å². The molecule has 0 saturated heterocycles. The van der Waals surface area contributed by atoms with Crippen molar-refractivity contribution in [2.75, 3.05) is 0 Å². The second kappa shape index (κ2) is 8.26. The van der Waals surface area contributed by atoms with Crippen molar-refractivity contribution >= 4 is 28.6 Å². The van der Waals surface area contributed by atoms with Gasteiger partial charge in [-0.2, -0.15) is 23.5 Å². The van der Waals surface area contributed by atoms with Crippen molar-refractivity contribution in [3.63, 3.8) is 0 Å². The third kappa shape index (κ3) is 4.26. The number of halogens is 4. The highest BCUT2D eigenvalue weighted by atomic mass is 35.5. The normalized spacial score (nSPS) is 10.9. The monoisotopic (exact) mass is 433 g/mol.